The molecule has 0 bridgehead atoms. The molecule has 0 saturated heterocycles. The van der Waals surface area contributed by atoms with Gasteiger partial charge < -0.3 is 5.73 Å². The second kappa shape index (κ2) is 6.60. The molecule has 2 rings (SSSR count). The fourth-order valence-electron chi connectivity index (χ4n) is 2.02. The minimum absolute atomic E-state index is 0.683. The Hall–Kier alpha value is -0.770. The Morgan fingerprint density at radius 2 is 1.84 bits per heavy atom. The quantitative estimate of drug-likeness (QED) is 0.874. The Morgan fingerprint density at radius 1 is 1.05 bits per heavy atom. The number of hydrogen-bond acceptors (Lipinski definition) is 2. The topological polar surface area (TPSA) is 26.0 Å². The van der Waals surface area contributed by atoms with Crippen molar-refractivity contribution < 1.29 is 0 Å². The predicted molar refractivity (Wildman–Crippen MR) is 86.9 cm³/mol. The molecule has 0 aliphatic heterocycles. The van der Waals surface area contributed by atoms with Crippen molar-refractivity contribution >= 4 is 27.7 Å². The van der Waals surface area contributed by atoms with Gasteiger partial charge in [-0.15, -0.1) is 0 Å². The van der Waals surface area contributed by atoms with E-state index >= 15 is 0 Å². The summed E-state index contributed by atoms with van der Waals surface area (Å²) >= 11 is 5.36. The lowest BCUT2D eigenvalue weighted by atomic mass is 10.1. The smallest absolute Gasteiger partial charge is 0.0186 e. The Bertz CT molecular complexity index is 581. The molecule has 2 N–H and O–H groups in total. The number of halogens is 1. The van der Waals surface area contributed by atoms with E-state index in [0.29, 0.717) is 6.54 Å². The molecule has 19 heavy (non-hydrogen) atoms. The fourth-order valence-corrected chi connectivity index (χ4v) is 3.61. The highest BCUT2D eigenvalue weighted by Gasteiger charge is 2.07. The monoisotopic (exact) mass is 335 g/mol. The molecule has 0 spiro atoms. The van der Waals surface area contributed by atoms with E-state index in [-0.39, 0.29) is 0 Å². The summed E-state index contributed by atoms with van der Waals surface area (Å²) in [6.07, 6.45) is 0.917. The Labute approximate surface area is 127 Å². The van der Waals surface area contributed by atoms with Crippen LogP contribution in [0.1, 0.15) is 16.7 Å². The minimum Gasteiger partial charge on any atom is -0.330 e. The lowest BCUT2D eigenvalue weighted by Crippen LogP contribution is -2.03. The van der Waals surface area contributed by atoms with Crippen molar-refractivity contribution in [3.05, 3.63) is 57.6 Å². The maximum absolute atomic E-state index is 5.69. The van der Waals surface area contributed by atoms with Gasteiger partial charge in [0, 0.05) is 14.3 Å². The molecule has 0 fully saturated rings. The van der Waals surface area contributed by atoms with E-state index in [4.69, 9.17) is 5.73 Å². The van der Waals surface area contributed by atoms with Gasteiger partial charge in [-0.3, -0.25) is 0 Å². The van der Waals surface area contributed by atoms with Gasteiger partial charge in [0.05, 0.1) is 0 Å². The van der Waals surface area contributed by atoms with E-state index in [1.165, 1.54) is 26.5 Å². The third-order valence-corrected chi connectivity index (χ3v) is 4.76. The third-order valence-electron chi connectivity index (χ3n) is 2.99. The number of rotatable bonds is 4. The Balaban J connectivity index is 2.33. The first-order chi connectivity index (χ1) is 9.10. The SMILES string of the molecule is Cc1ccc(Sc2cc(Br)ccc2CCN)c(C)c1. The molecule has 0 saturated carbocycles. The predicted octanol–water partition coefficient (Wildman–Crippen LogP) is 4.72. The molecule has 1 nitrogen and oxygen atoms in total. The lowest BCUT2D eigenvalue weighted by Gasteiger charge is -2.11. The van der Waals surface area contributed by atoms with E-state index in [9.17, 15) is 0 Å². The van der Waals surface area contributed by atoms with Crippen LogP contribution >= 0.6 is 27.7 Å². The molecular weight excluding hydrogens is 318 g/mol. The van der Waals surface area contributed by atoms with Crippen molar-refractivity contribution in [2.45, 2.75) is 30.1 Å². The van der Waals surface area contributed by atoms with Crippen LogP contribution in [0, 0.1) is 13.8 Å². The Kier molecular flexibility index (Phi) is 5.08. The van der Waals surface area contributed by atoms with E-state index in [1.807, 2.05) is 11.8 Å². The Morgan fingerprint density at radius 3 is 2.53 bits per heavy atom. The van der Waals surface area contributed by atoms with Crippen molar-refractivity contribution in [1.29, 1.82) is 0 Å². The van der Waals surface area contributed by atoms with Crippen LogP contribution in [-0.4, -0.2) is 6.54 Å². The van der Waals surface area contributed by atoms with Gasteiger partial charge in [0.1, 0.15) is 0 Å². The molecule has 3 heteroatoms. The fraction of sp³-hybridized carbons (Fsp3) is 0.250. The summed E-state index contributed by atoms with van der Waals surface area (Å²) in [6, 6.07) is 13.0. The van der Waals surface area contributed by atoms with Crippen LogP contribution in [0.15, 0.2) is 50.7 Å². The normalized spacial score (nSPS) is 10.7. The minimum atomic E-state index is 0.683. The van der Waals surface area contributed by atoms with Crippen LogP contribution < -0.4 is 5.73 Å². The molecule has 0 unspecified atom stereocenters. The first kappa shape index (κ1) is 14.6. The van der Waals surface area contributed by atoms with Gasteiger partial charge in [0.25, 0.3) is 0 Å². The molecule has 0 aromatic heterocycles. The van der Waals surface area contributed by atoms with Crippen LogP contribution in [-0.2, 0) is 6.42 Å². The van der Waals surface area contributed by atoms with E-state index in [2.05, 4.69) is 66.2 Å². The molecule has 2 aromatic carbocycles. The van der Waals surface area contributed by atoms with Crippen LogP contribution in [0.25, 0.3) is 0 Å². The first-order valence-corrected chi connectivity index (χ1v) is 7.94. The molecule has 2 aromatic rings. The zero-order valence-corrected chi connectivity index (χ0v) is 13.6. The van der Waals surface area contributed by atoms with Crippen LogP contribution in [0.4, 0.5) is 0 Å². The summed E-state index contributed by atoms with van der Waals surface area (Å²) in [6.45, 7) is 4.97. The average molecular weight is 336 g/mol. The van der Waals surface area contributed by atoms with E-state index < -0.39 is 0 Å². The molecular formula is C16H18BrNS. The van der Waals surface area contributed by atoms with E-state index in [1.54, 1.807) is 0 Å². The number of benzene rings is 2. The lowest BCUT2D eigenvalue weighted by molar-refractivity contribution is 0.943. The summed E-state index contributed by atoms with van der Waals surface area (Å²) in [5.74, 6) is 0. The average Bonchev–Trinajstić information content (AvgIpc) is 2.36. The summed E-state index contributed by atoms with van der Waals surface area (Å²) in [5.41, 5.74) is 9.63. The maximum Gasteiger partial charge on any atom is 0.0186 e. The highest BCUT2D eigenvalue weighted by molar-refractivity contribution is 9.10. The number of hydrogen-bond donors (Lipinski definition) is 1. The van der Waals surface area contributed by atoms with Crippen molar-refractivity contribution in [3.8, 4) is 0 Å². The van der Waals surface area contributed by atoms with Crippen molar-refractivity contribution in [3.63, 3.8) is 0 Å². The number of aryl methyl sites for hydroxylation is 2. The van der Waals surface area contributed by atoms with Gasteiger partial charge in [-0.1, -0.05) is 51.5 Å². The van der Waals surface area contributed by atoms with Gasteiger partial charge in [-0.2, -0.15) is 0 Å². The second-order valence-corrected chi connectivity index (χ2v) is 6.66. The van der Waals surface area contributed by atoms with Gasteiger partial charge in [0.15, 0.2) is 0 Å². The standard InChI is InChI=1S/C16H18BrNS/c1-11-3-6-15(12(2)9-11)19-16-10-14(17)5-4-13(16)7-8-18/h3-6,9-10H,7-8,18H2,1-2H3. The van der Waals surface area contributed by atoms with Gasteiger partial charge in [0.2, 0.25) is 0 Å². The molecule has 0 radical (unpaired) electrons. The van der Waals surface area contributed by atoms with Crippen molar-refractivity contribution in [2.75, 3.05) is 6.54 Å². The molecule has 0 aliphatic carbocycles. The van der Waals surface area contributed by atoms with Crippen molar-refractivity contribution in [2.24, 2.45) is 5.73 Å². The van der Waals surface area contributed by atoms with Crippen LogP contribution in [0.2, 0.25) is 0 Å². The van der Waals surface area contributed by atoms with Crippen LogP contribution in [0.5, 0.6) is 0 Å². The highest BCUT2D eigenvalue weighted by atomic mass is 79.9. The summed E-state index contributed by atoms with van der Waals surface area (Å²) in [5, 5.41) is 0. The van der Waals surface area contributed by atoms with Crippen LogP contribution in [0.3, 0.4) is 0 Å². The maximum atomic E-state index is 5.69. The number of nitrogens with two attached hydrogens (primary N) is 1. The zero-order valence-electron chi connectivity index (χ0n) is 11.2. The molecule has 0 heterocycles. The first-order valence-electron chi connectivity index (χ1n) is 6.34. The summed E-state index contributed by atoms with van der Waals surface area (Å²) < 4.78 is 1.11. The molecule has 0 aliphatic rings. The molecule has 0 atom stereocenters. The van der Waals surface area contributed by atoms with Gasteiger partial charge in [-0.05, 0) is 56.1 Å². The summed E-state index contributed by atoms with van der Waals surface area (Å²) in [4.78, 5) is 2.59. The third kappa shape index (κ3) is 3.85. The van der Waals surface area contributed by atoms with E-state index in [0.717, 1.165) is 10.9 Å². The second-order valence-electron chi connectivity index (χ2n) is 4.66. The van der Waals surface area contributed by atoms with Gasteiger partial charge in [-0.25, -0.2) is 0 Å². The van der Waals surface area contributed by atoms with Gasteiger partial charge >= 0.3 is 0 Å². The summed E-state index contributed by atoms with van der Waals surface area (Å²) in [7, 11) is 0. The highest BCUT2D eigenvalue weighted by Crippen LogP contribution is 2.34. The molecule has 0 amide bonds. The largest absolute Gasteiger partial charge is 0.330 e. The van der Waals surface area contributed by atoms with Crippen molar-refractivity contribution in [1.82, 2.24) is 0 Å². The zero-order chi connectivity index (χ0) is 13.8. The molecule has 100 valence electrons.